The van der Waals surface area contributed by atoms with Crippen molar-refractivity contribution < 1.29 is 86.9 Å². The topological polar surface area (TPSA) is 292 Å². The minimum absolute atomic E-state index is 0.0364. The highest BCUT2D eigenvalue weighted by molar-refractivity contribution is 5.79. The third-order valence-corrected chi connectivity index (χ3v) is 11.0. The van der Waals surface area contributed by atoms with E-state index in [2.05, 4.69) is 5.32 Å². The predicted octanol–water partition coefficient (Wildman–Crippen LogP) is 5.79. The fourth-order valence-electron chi connectivity index (χ4n) is 8.04. The molecule has 21 nitrogen and oxygen atoms in total. The summed E-state index contributed by atoms with van der Waals surface area (Å²) in [5, 5.41) is 43.1. The van der Waals surface area contributed by atoms with Gasteiger partial charge in [0.05, 0.1) is 38.1 Å². The summed E-state index contributed by atoms with van der Waals surface area (Å²) in [6.07, 6.45) is -7.56. The van der Waals surface area contributed by atoms with Gasteiger partial charge in [0.25, 0.3) is 5.69 Å². The van der Waals surface area contributed by atoms with Crippen LogP contribution in [0.15, 0.2) is 91.0 Å². The summed E-state index contributed by atoms with van der Waals surface area (Å²) in [4.78, 5) is 84.8. The summed E-state index contributed by atoms with van der Waals surface area (Å²) in [5.41, 5.74) is 4.23. The Balaban J connectivity index is 1.10. The van der Waals surface area contributed by atoms with Gasteiger partial charge in [0, 0.05) is 54.5 Å². The Hall–Kier alpha value is -7.78. The molecule has 2 aliphatic rings. The first-order valence-corrected chi connectivity index (χ1v) is 20.8. The lowest BCUT2D eigenvalue weighted by atomic mass is 9.71. The quantitative estimate of drug-likeness (QED) is 0.0181. The molecule has 4 aromatic carbocycles. The van der Waals surface area contributed by atoms with E-state index < -0.39 is 97.1 Å². The lowest BCUT2D eigenvalue weighted by molar-refractivity contribution is -0.384. The number of nitrogens with zero attached hydrogens (tertiary/aromatic N) is 1. The van der Waals surface area contributed by atoms with Crippen molar-refractivity contribution in [1.82, 2.24) is 5.32 Å². The van der Waals surface area contributed by atoms with Gasteiger partial charge in [0.1, 0.15) is 37.1 Å². The molecule has 0 radical (unpaired) electrons. The van der Waals surface area contributed by atoms with Crippen molar-refractivity contribution in [2.45, 2.75) is 44.2 Å². The van der Waals surface area contributed by atoms with E-state index >= 15 is 0 Å². The number of carbonyl (C=O) groups is 6. The lowest BCUT2D eigenvalue weighted by Crippen LogP contribution is -2.54. The Bertz CT molecular complexity index is 2400. The summed E-state index contributed by atoms with van der Waals surface area (Å²) < 4.78 is 44.4. The lowest BCUT2D eigenvalue weighted by Gasteiger charge is -2.44. The number of nitro benzene ring substituents is 1. The van der Waals surface area contributed by atoms with Crippen LogP contribution in [0, 0.1) is 27.9 Å². The maximum absolute atomic E-state index is 13.0. The van der Waals surface area contributed by atoms with Gasteiger partial charge in [-0.15, -0.1) is 0 Å². The average Bonchev–Trinajstić information content (AvgIpc) is 3.62. The molecule has 0 unspecified atom stereocenters. The number of nitro groups is 1. The van der Waals surface area contributed by atoms with Crippen LogP contribution >= 0.6 is 0 Å². The number of ether oxygens (including phenoxy) is 8. The number of rotatable bonds is 22. The van der Waals surface area contributed by atoms with Gasteiger partial charge in [-0.3, -0.25) is 24.5 Å². The highest BCUT2D eigenvalue weighted by Gasteiger charge is 2.52. The third-order valence-electron chi connectivity index (χ3n) is 11.0. The molecule has 0 bridgehead atoms. The molecular formula is C46H46N2O19. The number of carboxylic acids is 3. The molecule has 1 heterocycles. The predicted molar refractivity (Wildman–Crippen MR) is 228 cm³/mol. The Morgan fingerprint density at radius 3 is 1.97 bits per heavy atom. The minimum atomic E-state index is -1.71. The molecule has 6 rings (SSSR count). The van der Waals surface area contributed by atoms with Gasteiger partial charge in [-0.1, -0.05) is 48.5 Å². The van der Waals surface area contributed by atoms with Crippen LogP contribution in [0.3, 0.4) is 0 Å². The standard InChI is InChI=1S/C46H46N2O19/c1-60-43(55)42-35(22-40(51)52)34(21-39(49)50)36(23-41(53)54)44(67-42)66-38-20-29(13-10-26(38)24-64-46(57)65-28-14-11-27(12-15-28)48(58)59)62-19-18-61-17-16-47-45(56)63-25-37-32-8-4-2-6-30(32)31-7-3-5-9-33(31)37/h2-15,20,34-37,42,44H,16-19,21-25H2,1H3,(H,47,56)(H,49,50)(H,51,52)(H,53,54)/t34-,35-,36+,42-,44+/m0/s1. The van der Waals surface area contributed by atoms with E-state index in [1.807, 2.05) is 48.5 Å². The molecule has 1 aliphatic carbocycles. The van der Waals surface area contributed by atoms with Crippen molar-refractivity contribution >= 4 is 41.8 Å². The monoisotopic (exact) mass is 930 g/mol. The van der Waals surface area contributed by atoms with Crippen molar-refractivity contribution in [3.8, 4) is 28.4 Å². The zero-order valence-electron chi connectivity index (χ0n) is 35.8. The van der Waals surface area contributed by atoms with Gasteiger partial charge >= 0.3 is 36.1 Å². The number of alkyl carbamates (subject to hydrolysis) is 1. The molecule has 5 atom stereocenters. The summed E-state index contributed by atoms with van der Waals surface area (Å²) >= 11 is 0. The number of carboxylic acid groups (broad SMARTS) is 3. The smallest absolute Gasteiger partial charge is 0.491 e. The first kappa shape index (κ1) is 48.7. The van der Waals surface area contributed by atoms with Crippen LogP contribution in [-0.2, 0) is 49.5 Å². The number of hydrogen-bond acceptors (Lipinski definition) is 16. The number of carbonyl (C=O) groups excluding carboxylic acids is 3. The van der Waals surface area contributed by atoms with E-state index in [1.165, 1.54) is 30.3 Å². The van der Waals surface area contributed by atoms with Crippen LogP contribution < -0.4 is 19.5 Å². The number of hydrogen-bond donors (Lipinski definition) is 4. The number of non-ortho nitro benzene ring substituents is 1. The number of benzene rings is 4. The number of fused-ring (bicyclic) bond motifs is 3. The fraction of sp³-hybridized carbons (Fsp3) is 0.348. The molecular weight excluding hydrogens is 885 g/mol. The molecule has 0 aromatic heterocycles. The summed E-state index contributed by atoms with van der Waals surface area (Å²) in [6, 6.07) is 24.7. The van der Waals surface area contributed by atoms with Crippen LogP contribution in [-0.4, -0.2) is 109 Å². The number of aliphatic carboxylic acids is 3. The van der Waals surface area contributed by atoms with Crippen LogP contribution in [0.1, 0.15) is 41.9 Å². The molecule has 1 fully saturated rings. The highest BCUT2D eigenvalue weighted by atomic mass is 16.7. The largest absolute Gasteiger partial charge is 0.514 e. The van der Waals surface area contributed by atoms with Crippen molar-refractivity contribution in [2.24, 2.45) is 17.8 Å². The van der Waals surface area contributed by atoms with Gasteiger partial charge < -0.3 is 58.5 Å². The first-order chi connectivity index (χ1) is 32.2. The average molecular weight is 931 g/mol. The maximum atomic E-state index is 13.0. The van der Waals surface area contributed by atoms with Crippen molar-refractivity contribution in [1.29, 1.82) is 0 Å². The molecule has 354 valence electrons. The molecule has 1 aliphatic heterocycles. The molecule has 1 saturated heterocycles. The van der Waals surface area contributed by atoms with Crippen molar-refractivity contribution in [2.75, 3.05) is 40.1 Å². The normalized spacial score (nSPS) is 18.3. The first-order valence-electron chi connectivity index (χ1n) is 20.8. The van der Waals surface area contributed by atoms with Crippen LogP contribution in [0.25, 0.3) is 11.1 Å². The van der Waals surface area contributed by atoms with Crippen LogP contribution in [0.5, 0.6) is 17.2 Å². The molecule has 4 aromatic rings. The summed E-state index contributed by atoms with van der Waals surface area (Å²) in [6.45, 7) is -0.192. The fourth-order valence-corrected chi connectivity index (χ4v) is 8.04. The Morgan fingerprint density at radius 1 is 0.731 bits per heavy atom. The second kappa shape index (κ2) is 22.9. The van der Waals surface area contributed by atoms with Crippen molar-refractivity contribution in [3.05, 3.63) is 118 Å². The van der Waals surface area contributed by atoms with Crippen molar-refractivity contribution in [3.63, 3.8) is 0 Å². The SMILES string of the molecule is COC(=O)[C@H]1O[C@@H](Oc2cc(OCCOCCNC(=O)OCC3c4ccccc4-c4ccccc43)ccc2COC(=O)Oc2ccc([N+](=O)[O-])cc2)[C@H](CC(=O)O)[C@@H](CC(=O)O)[C@@H]1CC(=O)O. The molecule has 1 amide bonds. The molecule has 21 heteroatoms. The summed E-state index contributed by atoms with van der Waals surface area (Å²) in [7, 11) is 1.01. The maximum Gasteiger partial charge on any atom is 0.514 e. The van der Waals surface area contributed by atoms with E-state index in [4.69, 9.17) is 37.9 Å². The number of nitrogens with one attached hydrogen (secondary N) is 1. The van der Waals surface area contributed by atoms with Gasteiger partial charge in [-0.05, 0) is 52.4 Å². The van der Waals surface area contributed by atoms with E-state index in [1.54, 1.807) is 0 Å². The van der Waals surface area contributed by atoms with E-state index in [0.29, 0.717) is 0 Å². The Labute approximate surface area is 381 Å². The van der Waals surface area contributed by atoms with E-state index in [0.717, 1.165) is 41.5 Å². The minimum Gasteiger partial charge on any atom is -0.491 e. The second-order valence-corrected chi connectivity index (χ2v) is 15.2. The number of esters is 1. The van der Waals surface area contributed by atoms with Gasteiger partial charge in [0.2, 0.25) is 6.29 Å². The molecule has 0 spiro atoms. The van der Waals surface area contributed by atoms with Crippen LogP contribution in [0.2, 0.25) is 0 Å². The Morgan fingerprint density at radius 2 is 1.34 bits per heavy atom. The zero-order chi connectivity index (χ0) is 48.0. The van der Waals surface area contributed by atoms with Gasteiger partial charge in [-0.25, -0.2) is 14.4 Å². The zero-order valence-corrected chi connectivity index (χ0v) is 35.8. The Kier molecular flexibility index (Phi) is 16.6. The van der Waals surface area contributed by atoms with E-state index in [-0.39, 0.29) is 67.4 Å². The van der Waals surface area contributed by atoms with Gasteiger partial charge in [-0.2, -0.15) is 0 Å². The van der Waals surface area contributed by atoms with Crippen LogP contribution in [0.4, 0.5) is 15.3 Å². The number of amides is 1. The third kappa shape index (κ3) is 12.9. The molecule has 67 heavy (non-hydrogen) atoms. The second-order valence-electron chi connectivity index (χ2n) is 15.2. The summed E-state index contributed by atoms with van der Waals surface area (Å²) in [5.74, 6) is -9.46. The number of methoxy groups -OCH3 is 1. The van der Waals surface area contributed by atoms with E-state index in [9.17, 15) is 54.2 Å². The van der Waals surface area contributed by atoms with Gasteiger partial charge in [0.15, 0.2) is 6.10 Å². The highest BCUT2D eigenvalue weighted by Crippen LogP contribution is 2.45. The molecule has 0 saturated carbocycles. The molecule has 4 N–H and O–H groups in total.